The molecule has 70 valence electrons. The van der Waals surface area contributed by atoms with Crippen LogP contribution >= 0.6 is 0 Å². The molecule has 1 aromatic rings. The SMILES string of the molecule is CCCN=C(NN)c1cncnc1. The van der Waals surface area contributed by atoms with Gasteiger partial charge in [-0.05, 0) is 6.42 Å². The van der Waals surface area contributed by atoms with Crippen molar-refractivity contribution in [2.75, 3.05) is 6.54 Å². The lowest BCUT2D eigenvalue weighted by molar-refractivity contribution is 0.906. The summed E-state index contributed by atoms with van der Waals surface area (Å²) in [6.45, 7) is 2.80. The van der Waals surface area contributed by atoms with Gasteiger partial charge in [0.1, 0.15) is 12.2 Å². The summed E-state index contributed by atoms with van der Waals surface area (Å²) in [4.78, 5) is 12.0. The molecular formula is C8H13N5. The van der Waals surface area contributed by atoms with Crippen molar-refractivity contribution in [3.8, 4) is 0 Å². The molecule has 0 fully saturated rings. The van der Waals surface area contributed by atoms with Crippen molar-refractivity contribution >= 4 is 5.84 Å². The molecule has 1 aromatic heterocycles. The highest BCUT2D eigenvalue weighted by Crippen LogP contribution is 1.94. The molecule has 0 saturated heterocycles. The second-order valence-electron chi connectivity index (χ2n) is 2.50. The van der Waals surface area contributed by atoms with Crippen LogP contribution in [0.3, 0.4) is 0 Å². The molecule has 0 bridgehead atoms. The fraction of sp³-hybridized carbons (Fsp3) is 0.375. The maximum Gasteiger partial charge on any atom is 0.145 e. The van der Waals surface area contributed by atoms with Gasteiger partial charge in [0.25, 0.3) is 0 Å². The van der Waals surface area contributed by atoms with Gasteiger partial charge in [-0.2, -0.15) is 0 Å². The van der Waals surface area contributed by atoms with Crippen LogP contribution in [0.1, 0.15) is 18.9 Å². The first kappa shape index (κ1) is 9.60. The van der Waals surface area contributed by atoms with E-state index >= 15 is 0 Å². The van der Waals surface area contributed by atoms with Crippen molar-refractivity contribution in [2.45, 2.75) is 13.3 Å². The summed E-state index contributed by atoms with van der Waals surface area (Å²) in [6, 6.07) is 0. The molecule has 0 aliphatic carbocycles. The number of hydrazine groups is 1. The fourth-order valence-electron chi connectivity index (χ4n) is 0.865. The molecule has 5 heteroatoms. The predicted molar refractivity (Wildman–Crippen MR) is 51.1 cm³/mol. The average Bonchev–Trinajstić information content (AvgIpc) is 2.21. The summed E-state index contributed by atoms with van der Waals surface area (Å²) in [5.74, 6) is 5.94. The Morgan fingerprint density at radius 3 is 2.77 bits per heavy atom. The van der Waals surface area contributed by atoms with E-state index in [0.717, 1.165) is 18.5 Å². The number of nitrogens with two attached hydrogens (primary N) is 1. The highest BCUT2D eigenvalue weighted by Gasteiger charge is 1.99. The van der Waals surface area contributed by atoms with Crippen LogP contribution in [0.15, 0.2) is 23.7 Å². The molecule has 13 heavy (non-hydrogen) atoms. The Morgan fingerprint density at radius 1 is 1.54 bits per heavy atom. The molecule has 1 heterocycles. The van der Waals surface area contributed by atoms with Gasteiger partial charge in [0.15, 0.2) is 0 Å². The smallest absolute Gasteiger partial charge is 0.145 e. The third-order valence-corrected chi connectivity index (χ3v) is 1.46. The fourth-order valence-corrected chi connectivity index (χ4v) is 0.865. The van der Waals surface area contributed by atoms with Gasteiger partial charge in [0.05, 0.1) is 5.56 Å². The minimum atomic E-state index is 0.627. The van der Waals surface area contributed by atoms with Crippen LogP contribution in [0.2, 0.25) is 0 Å². The van der Waals surface area contributed by atoms with Crippen LogP contribution in [-0.4, -0.2) is 22.3 Å². The van der Waals surface area contributed by atoms with Crippen molar-refractivity contribution in [3.05, 3.63) is 24.3 Å². The van der Waals surface area contributed by atoms with E-state index in [1.165, 1.54) is 6.33 Å². The summed E-state index contributed by atoms with van der Waals surface area (Å²) in [7, 11) is 0. The second-order valence-corrected chi connectivity index (χ2v) is 2.50. The van der Waals surface area contributed by atoms with Crippen molar-refractivity contribution in [1.82, 2.24) is 15.4 Å². The van der Waals surface area contributed by atoms with Gasteiger partial charge >= 0.3 is 0 Å². The quantitative estimate of drug-likeness (QED) is 0.298. The van der Waals surface area contributed by atoms with Crippen LogP contribution < -0.4 is 11.3 Å². The molecule has 0 amide bonds. The molecule has 0 radical (unpaired) electrons. The van der Waals surface area contributed by atoms with E-state index in [9.17, 15) is 0 Å². The van der Waals surface area contributed by atoms with E-state index in [1.807, 2.05) is 0 Å². The van der Waals surface area contributed by atoms with E-state index in [1.54, 1.807) is 12.4 Å². The molecule has 3 N–H and O–H groups in total. The van der Waals surface area contributed by atoms with E-state index < -0.39 is 0 Å². The highest BCUT2D eigenvalue weighted by atomic mass is 15.2. The average molecular weight is 179 g/mol. The van der Waals surface area contributed by atoms with Gasteiger partial charge in [-0.3, -0.25) is 4.99 Å². The van der Waals surface area contributed by atoms with E-state index in [2.05, 4.69) is 27.3 Å². The van der Waals surface area contributed by atoms with Gasteiger partial charge in [-0.25, -0.2) is 15.8 Å². The Morgan fingerprint density at radius 2 is 2.23 bits per heavy atom. The van der Waals surface area contributed by atoms with Crippen LogP contribution in [0, 0.1) is 0 Å². The second kappa shape index (κ2) is 5.21. The summed E-state index contributed by atoms with van der Waals surface area (Å²) in [6.07, 6.45) is 5.79. The minimum Gasteiger partial charge on any atom is -0.308 e. The molecule has 0 atom stereocenters. The Bertz CT molecular complexity index is 269. The lowest BCUT2D eigenvalue weighted by Crippen LogP contribution is -2.31. The Kier molecular flexibility index (Phi) is 3.84. The largest absolute Gasteiger partial charge is 0.308 e. The zero-order chi connectivity index (χ0) is 9.52. The van der Waals surface area contributed by atoms with Crippen molar-refractivity contribution < 1.29 is 0 Å². The monoisotopic (exact) mass is 179 g/mol. The predicted octanol–water partition coefficient (Wildman–Crippen LogP) is 0.0965. The maximum absolute atomic E-state index is 5.31. The van der Waals surface area contributed by atoms with Crippen molar-refractivity contribution in [1.29, 1.82) is 0 Å². The summed E-state index contributed by atoms with van der Waals surface area (Å²) in [5.41, 5.74) is 3.33. The molecule has 5 nitrogen and oxygen atoms in total. The number of amidine groups is 1. The summed E-state index contributed by atoms with van der Waals surface area (Å²) < 4.78 is 0. The standard InChI is InChI=1S/C8H13N5/c1-2-3-12-8(13-9)7-4-10-6-11-5-7/h4-6H,2-3,9H2,1H3,(H,12,13). The van der Waals surface area contributed by atoms with E-state index in [-0.39, 0.29) is 0 Å². The Hall–Kier alpha value is -1.49. The molecule has 0 aliphatic heterocycles. The third kappa shape index (κ3) is 2.79. The number of aliphatic imine (C=N–C) groups is 1. The first-order valence-electron chi connectivity index (χ1n) is 4.15. The topological polar surface area (TPSA) is 76.2 Å². The molecule has 0 saturated carbocycles. The van der Waals surface area contributed by atoms with E-state index in [4.69, 9.17) is 5.84 Å². The Balaban J connectivity index is 2.78. The molecule has 0 unspecified atom stereocenters. The normalized spacial score (nSPS) is 11.4. The van der Waals surface area contributed by atoms with Gasteiger partial charge in [-0.1, -0.05) is 6.92 Å². The molecule has 1 rings (SSSR count). The van der Waals surface area contributed by atoms with Gasteiger partial charge in [0, 0.05) is 18.9 Å². The number of hydrogen-bond acceptors (Lipinski definition) is 4. The first-order chi connectivity index (χ1) is 6.38. The summed E-state index contributed by atoms with van der Waals surface area (Å²) >= 11 is 0. The number of nitrogens with one attached hydrogen (secondary N) is 1. The number of aromatic nitrogens is 2. The Labute approximate surface area is 77.1 Å². The van der Waals surface area contributed by atoms with E-state index in [0.29, 0.717) is 5.84 Å². The molecular weight excluding hydrogens is 166 g/mol. The summed E-state index contributed by atoms with van der Waals surface area (Å²) in [5, 5.41) is 0. The zero-order valence-electron chi connectivity index (χ0n) is 7.57. The number of rotatable bonds is 3. The number of hydrogen-bond donors (Lipinski definition) is 2. The van der Waals surface area contributed by atoms with Crippen LogP contribution in [0.25, 0.3) is 0 Å². The number of nitrogens with zero attached hydrogens (tertiary/aromatic N) is 3. The van der Waals surface area contributed by atoms with Crippen LogP contribution in [0.4, 0.5) is 0 Å². The third-order valence-electron chi connectivity index (χ3n) is 1.46. The molecule has 0 aliphatic rings. The van der Waals surface area contributed by atoms with Crippen LogP contribution in [0.5, 0.6) is 0 Å². The first-order valence-corrected chi connectivity index (χ1v) is 4.15. The highest BCUT2D eigenvalue weighted by molar-refractivity contribution is 5.97. The molecule has 0 aromatic carbocycles. The van der Waals surface area contributed by atoms with Gasteiger partial charge < -0.3 is 5.43 Å². The minimum absolute atomic E-state index is 0.627. The van der Waals surface area contributed by atoms with Crippen LogP contribution in [-0.2, 0) is 0 Å². The van der Waals surface area contributed by atoms with Gasteiger partial charge in [0.2, 0.25) is 0 Å². The molecule has 0 spiro atoms. The van der Waals surface area contributed by atoms with Gasteiger partial charge in [-0.15, -0.1) is 0 Å². The van der Waals surface area contributed by atoms with Crippen molar-refractivity contribution in [2.24, 2.45) is 10.8 Å². The lowest BCUT2D eigenvalue weighted by atomic mass is 10.3. The maximum atomic E-state index is 5.31. The van der Waals surface area contributed by atoms with Crippen molar-refractivity contribution in [3.63, 3.8) is 0 Å². The zero-order valence-corrected chi connectivity index (χ0v) is 7.57. The lowest BCUT2D eigenvalue weighted by Gasteiger charge is -2.03.